The summed E-state index contributed by atoms with van der Waals surface area (Å²) < 4.78 is 26.7. The van der Waals surface area contributed by atoms with Crippen LogP contribution in [0.4, 0.5) is 0 Å². The first kappa shape index (κ1) is 29.0. The Labute approximate surface area is 232 Å². The molecule has 5 aliphatic rings. The Morgan fingerprint density at radius 3 is 2.42 bits per heavy atom. The molecule has 6 nitrogen and oxygen atoms in total. The number of piperidine rings is 1. The number of rotatable bonds is 4. The average Bonchev–Trinajstić information content (AvgIpc) is 3.02. The van der Waals surface area contributed by atoms with Crippen LogP contribution in [0.5, 0.6) is 0 Å². The zero-order chi connectivity index (χ0) is 27.8. The summed E-state index contributed by atoms with van der Waals surface area (Å²) in [6, 6.07) is -0.221. The summed E-state index contributed by atoms with van der Waals surface area (Å²) in [6.07, 6.45) is 11.4. The Hall–Kier alpha value is -0.470. The molecule has 3 saturated carbocycles. The van der Waals surface area contributed by atoms with Crippen LogP contribution >= 0.6 is 0 Å². The maximum Gasteiger partial charge on any atom is 0.208 e. The third kappa shape index (κ3) is 4.84. The minimum absolute atomic E-state index is 0.0125. The molecule has 1 heterocycles. The number of hydrogen-bond acceptors (Lipinski definition) is 5. The van der Waals surface area contributed by atoms with Gasteiger partial charge < -0.3 is 15.4 Å². The SMILES string of the molecule is CC1=C2C[C@@H]3[C@@]4(C)CC[C@@H](NS(C)(=O)=O)C[C@H]4CC[C@@]3(C)[C@@H]2CC[C@@](C)([C@H](C)[C@H]2[C@H](O)C[C@H](C)CN2[O-])C1. The molecule has 38 heavy (non-hydrogen) atoms. The van der Waals surface area contributed by atoms with E-state index in [1.54, 1.807) is 11.1 Å². The third-order valence-electron chi connectivity index (χ3n) is 12.9. The van der Waals surface area contributed by atoms with Crippen LogP contribution in [-0.2, 0) is 10.0 Å². The molecule has 11 atom stereocenters. The summed E-state index contributed by atoms with van der Waals surface area (Å²) in [5, 5.41) is 25.2. The Morgan fingerprint density at radius 2 is 1.76 bits per heavy atom. The summed E-state index contributed by atoms with van der Waals surface area (Å²) in [7, 11) is -3.17. The van der Waals surface area contributed by atoms with Gasteiger partial charge in [-0.05, 0) is 124 Å². The predicted molar refractivity (Wildman–Crippen MR) is 154 cm³/mol. The first-order chi connectivity index (χ1) is 17.6. The maximum atomic E-state index is 13.0. The second-order valence-electron chi connectivity index (χ2n) is 15.4. The summed E-state index contributed by atoms with van der Waals surface area (Å²) in [5.74, 6) is 2.24. The fourth-order valence-corrected chi connectivity index (χ4v) is 11.5. The number of sulfonamides is 1. The Bertz CT molecular complexity index is 1050. The monoisotopic (exact) mass is 549 g/mol. The van der Waals surface area contributed by atoms with Crippen molar-refractivity contribution >= 4 is 10.0 Å². The molecule has 218 valence electrons. The van der Waals surface area contributed by atoms with Crippen molar-refractivity contribution < 1.29 is 13.5 Å². The fourth-order valence-electron chi connectivity index (χ4n) is 10.7. The minimum atomic E-state index is -3.17. The van der Waals surface area contributed by atoms with Crippen LogP contribution in [0.3, 0.4) is 0 Å². The van der Waals surface area contributed by atoms with Gasteiger partial charge in [0.1, 0.15) is 0 Å². The van der Waals surface area contributed by atoms with Crippen molar-refractivity contribution in [3.05, 3.63) is 16.4 Å². The Morgan fingerprint density at radius 1 is 1.08 bits per heavy atom. The van der Waals surface area contributed by atoms with Crippen molar-refractivity contribution in [1.82, 2.24) is 9.79 Å². The van der Waals surface area contributed by atoms with E-state index >= 15 is 0 Å². The smallest absolute Gasteiger partial charge is 0.208 e. The van der Waals surface area contributed by atoms with Gasteiger partial charge in [0.05, 0.1) is 12.4 Å². The topological polar surface area (TPSA) is 92.7 Å². The molecular weight excluding hydrogens is 496 g/mol. The summed E-state index contributed by atoms with van der Waals surface area (Å²) in [4.78, 5) is 0. The van der Waals surface area contributed by atoms with Crippen LogP contribution in [0.1, 0.15) is 106 Å². The highest BCUT2D eigenvalue weighted by Gasteiger charge is 2.62. The van der Waals surface area contributed by atoms with E-state index in [1.807, 2.05) is 0 Å². The van der Waals surface area contributed by atoms with Crippen LogP contribution in [0, 0.1) is 51.0 Å². The van der Waals surface area contributed by atoms with E-state index in [0.29, 0.717) is 24.3 Å². The number of nitrogens with one attached hydrogen (secondary N) is 1. The number of hydroxylamine groups is 2. The van der Waals surface area contributed by atoms with E-state index in [-0.39, 0.29) is 40.2 Å². The number of aliphatic hydroxyl groups excluding tert-OH is 1. The first-order valence-electron chi connectivity index (χ1n) is 15.3. The minimum Gasteiger partial charge on any atom is -0.785 e. The highest BCUT2D eigenvalue weighted by atomic mass is 32.2. The molecule has 0 unspecified atom stereocenters. The standard InChI is InChI=1S/C31H53N2O4S/c1-19-14-26(34)28(33(35)18-19)21(3)29(4)11-10-25-24(20(2)17-29)16-27-30(5)13-9-23(32-38(7,36)37)15-22(30)8-12-31(25,27)6/h19,21-23,25-28,32,34H,8-18H2,1-7H3/q-1/t19-,21+,22+,23+,25+,26+,27+,28-,29+,30-,31-/m0/s1. The van der Waals surface area contributed by atoms with Gasteiger partial charge in [-0.2, -0.15) is 0 Å². The second kappa shape index (κ2) is 9.82. The van der Waals surface area contributed by atoms with Crippen molar-refractivity contribution in [3.63, 3.8) is 0 Å². The zero-order valence-corrected chi connectivity index (χ0v) is 25.7. The van der Waals surface area contributed by atoms with E-state index in [1.165, 1.54) is 37.0 Å². The first-order valence-corrected chi connectivity index (χ1v) is 17.2. The van der Waals surface area contributed by atoms with Gasteiger partial charge in [0.15, 0.2) is 0 Å². The van der Waals surface area contributed by atoms with Gasteiger partial charge >= 0.3 is 0 Å². The lowest BCUT2D eigenvalue weighted by Gasteiger charge is -2.58. The molecule has 0 radical (unpaired) electrons. The van der Waals surface area contributed by atoms with Crippen molar-refractivity contribution in [3.8, 4) is 0 Å². The normalized spacial score (nSPS) is 49.1. The van der Waals surface area contributed by atoms with E-state index in [4.69, 9.17) is 0 Å². The summed E-state index contributed by atoms with van der Waals surface area (Å²) >= 11 is 0. The quantitative estimate of drug-likeness (QED) is 0.429. The highest BCUT2D eigenvalue weighted by molar-refractivity contribution is 7.88. The highest BCUT2D eigenvalue weighted by Crippen LogP contribution is 2.70. The van der Waals surface area contributed by atoms with Crippen LogP contribution in [0.2, 0.25) is 0 Å². The van der Waals surface area contributed by atoms with E-state index < -0.39 is 16.1 Å². The maximum absolute atomic E-state index is 13.0. The van der Waals surface area contributed by atoms with Gasteiger partial charge in [-0.25, -0.2) is 13.1 Å². The van der Waals surface area contributed by atoms with Crippen LogP contribution in [0.15, 0.2) is 11.1 Å². The number of hydrogen-bond donors (Lipinski definition) is 2. The van der Waals surface area contributed by atoms with Gasteiger partial charge in [-0.15, -0.1) is 0 Å². The van der Waals surface area contributed by atoms with Crippen molar-refractivity contribution in [2.24, 2.45) is 45.8 Å². The van der Waals surface area contributed by atoms with Crippen molar-refractivity contribution in [2.45, 2.75) is 124 Å². The molecule has 7 heteroatoms. The molecule has 0 aromatic heterocycles. The number of fused-ring (bicyclic) bond motifs is 5. The molecule has 4 fully saturated rings. The summed E-state index contributed by atoms with van der Waals surface area (Å²) in [6.45, 7) is 14.7. The van der Waals surface area contributed by atoms with Crippen molar-refractivity contribution in [1.29, 1.82) is 0 Å². The zero-order valence-electron chi connectivity index (χ0n) is 24.9. The van der Waals surface area contributed by atoms with E-state index in [9.17, 15) is 18.7 Å². The number of allylic oxidation sites excluding steroid dienone is 2. The van der Waals surface area contributed by atoms with Gasteiger partial charge in [-0.1, -0.05) is 45.8 Å². The lowest BCUT2D eigenvalue weighted by Crippen LogP contribution is -2.55. The second-order valence-corrected chi connectivity index (χ2v) is 17.2. The molecule has 0 aromatic carbocycles. The lowest BCUT2D eigenvalue weighted by atomic mass is 9.47. The molecular formula is C31H53N2O4S-. The van der Waals surface area contributed by atoms with Crippen LogP contribution < -0.4 is 4.72 Å². The molecule has 1 aliphatic heterocycles. The number of aliphatic hydroxyl groups is 1. The van der Waals surface area contributed by atoms with Gasteiger partial charge in [0.2, 0.25) is 10.0 Å². The van der Waals surface area contributed by atoms with Crippen molar-refractivity contribution in [2.75, 3.05) is 12.8 Å². The summed E-state index contributed by atoms with van der Waals surface area (Å²) in [5.41, 5.74) is 3.81. The molecule has 2 N–H and O–H groups in total. The Balaban J connectivity index is 1.38. The van der Waals surface area contributed by atoms with Crippen LogP contribution in [0.25, 0.3) is 0 Å². The molecule has 4 aliphatic carbocycles. The molecule has 5 rings (SSSR count). The average molecular weight is 550 g/mol. The number of nitrogens with zero attached hydrogens (tertiary/aromatic N) is 1. The lowest BCUT2D eigenvalue weighted by molar-refractivity contribution is -0.0851. The Kier molecular flexibility index (Phi) is 7.50. The van der Waals surface area contributed by atoms with Gasteiger partial charge in [0, 0.05) is 12.1 Å². The van der Waals surface area contributed by atoms with E-state index in [2.05, 4.69) is 46.3 Å². The largest absolute Gasteiger partial charge is 0.785 e. The van der Waals surface area contributed by atoms with Gasteiger partial charge in [-0.3, -0.25) is 0 Å². The predicted octanol–water partition coefficient (Wildman–Crippen LogP) is 5.86. The van der Waals surface area contributed by atoms with E-state index in [0.717, 1.165) is 38.5 Å². The molecule has 0 bridgehead atoms. The third-order valence-corrected chi connectivity index (χ3v) is 13.6. The molecule has 0 spiro atoms. The molecule has 0 aromatic rings. The molecule has 1 saturated heterocycles. The van der Waals surface area contributed by atoms with Gasteiger partial charge in [0.25, 0.3) is 0 Å². The fraction of sp³-hybridized carbons (Fsp3) is 0.935. The molecule has 0 amide bonds. The van der Waals surface area contributed by atoms with Crippen LogP contribution in [-0.4, -0.2) is 49.6 Å².